The monoisotopic (exact) mass is 192 g/mol. The van der Waals surface area contributed by atoms with Crippen molar-refractivity contribution >= 4 is 0 Å². The van der Waals surface area contributed by atoms with Crippen molar-refractivity contribution in [2.24, 2.45) is 0 Å². The van der Waals surface area contributed by atoms with E-state index in [0.717, 1.165) is 12.0 Å². The SMILES string of the molecule is [C-]#Cc1ccc(CC)cc1.[Cu+]. The van der Waals surface area contributed by atoms with E-state index in [1.807, 2.05) is 24.3 Å². The van der Waals surface area contributed by atoms with Crippen molar-refractivity contribution in [1.29, 1.82) is 0 Å². The molecule has 0 radical (unpaired) electrons. The van der Waals surface area contributed by atoms with Gasteiger partial charge in [-0.1, -0.05) is 24.6 Å². The summed E-state index contributed by atoms with van der Waals surface area (Å²) >= 11 is 0. The van der Waals surface area contributed by atoms with Gasteiger partial charge in [-0.3, -0.25) is 5.92 Å². The molecule has 1 rings (SSSR count). The van der Waals surface area contributed by atoms with E-state index in [1.165, 1.54) is 5.56 Å². The normalized spacial score (nSPS) is 8.00. The van der Waals surface area contributed by atoms with Gasteiger partial charge in [0, 0.05) is 0 Å². The predicted octanol–water partition coefficient (Wildman–Crippen LogP) is 2.18. The van der Waals surface area contributed by atoms with Crippen molar-refractivity contribution in [2.75, 3.05) is 0 Å². The Morgan fingerprint density at radius 3 is 2.18 bits per heavy atom. The molecule has 11 heavy (non-hydrogen) atoms. The molecule has 0 fully saturated rings. The molecule has 0 aliphatic carbocycles. The smallest absolute Gasteiger partial charge is 0.366 e. The van der Waals surface area contributed by atoms with E-state index in [1.54, 1.807) is 0 Å². The average molecular weight is 193 g/mol. The standard InChI is InChI=1S/C10H9.Cu/c1-3-9-5-7-10(4-2)8-6-9;/h5-8H,3H2,1H3;/q-1;+1. The molecule has 0 aliphatic rings. The van der Waals surface area contributed by atoms with Crippen LogP contribution in [-0.2, 0) is 23.5 Å². The van der Waals surface area contributed by atoms with Crippen molar-refractivity contribution in [3.63, 3.8) is 0 Å². The van der Waals surface area contributed by atoms with E-state index in [9.17, 15) is 0 Å². The Bertz CT molecular complexity index is 241. The third kappa shape index (κ3) is 2.80. The van der Waals surface area contributed by atoms with Gasteiger partial charge < -0.3 is 6.42 Å². The molecule has 0 N–H and O–H groups in total. The Balaban J connectivity index is 0.000001000. The Labute approximate surface area is 78.5 Å². The van der Waals surface area contributed by atoms with E-state index < -0.39 is 0 Å². The zero-order chi connectivity index (χ0) is 7.40. The largest absolute Gasteiger partial charge is 1.00 e. The van der Waals surface area contributed by atoms with Crippen LogP contribution in [-0.4, -0.2) is 0 Å². The van der Waals surface area contributed by atoms with E-state index in [2.05, 4.69) is 12.8 Å². The van der Waals surface area contributed by atoms with Crippen molar-refractivity contribution in [3.05, 3.63) is 41.8 Å². The fourth-order valence-electron chi connectivity index (χ4n) is 0.824. The van der Waals surface area contributed by atoms with Gasteiger partial charge in [0.25, 0.3) is 0 Å². The Hall–Kier alpha value is -0.701. The van der Waals surface area contributed by atoms with Crippen LogP contribution in [0.1, 0.15) is 18.1 Å². The second-order valence-electron chi connectivity index (χ2n) is 2.18. The molecule has 1 aromatic carbocycles. The molecule has 0 saturated heterocycles. The number of hydrogen-bond donors (Lipinski definition) is 0. The second kappa shape index (κ2) is 5.02. The van der Waals surface area contributed by atoms with Crippen LogP contribution in [0.2, 0.25) is 0 Å². The zero-order valence-electron chi connectivity index (χ0n) is 6.32. The molecular formula is C10H9Cu. The van der Waals surface area contributed by atoms with Gasteiger partial charge in [-0.15, -0.1) is 17.7 Å². The van der Waals surface area contributed by atoms with Crippen LogP contribution in [0.25, 0.3) is 0 Å². The van der Waals surface area contributed by atoms with Gasteiger partial charge in [-0.2, -0.15) is 0 Å². The van der Waals surface area contributed by atoms with Crippen LogP contribution >= 0.6 is 0 Å². The number of rotatable bonds is 1. The van der Waals surface area contributed by atoms with Crippen LogP contribution in [0, 0.1) is 12.3 Å². The summed E-state index contributed by atoms with van der Waals surface area (Å²) in [5.41, 5.74) is 2.15. The van der Waals surface area contributed by atoms with Crippen molar-refractivity contribution in [2.45, 2.75) is 13.3 Å². The van der Waals surface area contributed by atoms with E-state index in [4.69, 9.17) is 6.42 Å². The number of hydrogen-bond acceptors (Lipinski definition) is 0. The minimum absolute atomic E-state index is 0. The first-order valence-electron chi connectivity index (χ1n) is 3.38. The molecule has 0 atom stereocenters. The first-order chi connectivity index (χ1) is 4.86. The zero-order valence-corrected chi connectivity index (χ0v) is 7.26. The van der Waals surface area contributed by atoms with Crippen molar-refractivity contribution in [3.8, 4) is 5.92 Å². The second-order valence-corrected chi connectivity index (χ2v) is 2.18. The topological polar surface area (TPSA) is 0 Å². The maximum atomic E-state index is 6.82. The molecule has 1 heteroatoms. The quantitative estimate of drug-likeness (QED) is 0.364. The molecule has 60 valence electrons. The minimum Gasteiger partial charge on any atom is -0.366 e. The molecule has 0 heterocycles. The molecule has 0 bridgehead atoms. The molecule has 0 saturated carbocycles. The molecule has 0 aliphatic heterocycles. The summed E-state index contributed by atoms with van der Waals surface area (Å²) in [6.45, 7) is 2.11. The number of aryl methyl sites for hydroxylation is 1. The molecule has 0 nitrogen and oxygen atoms in total. The summed E-state index contributed by atoms with van der Waals surface area (Å²) in [5.74, 6) is 2.33. The fraction of sp³-hybridized carbons (Fsp3) is 0.200. The summed E-state index contributed by atoms with van der Waals surface area (Å²) < 4.78 is 0. The van der Waals surface area contributed by atoms with Crippen LogP contribution in [0.3, 0.4) is 0 Å². The van der Waals surface area contributed by atoms with Crippen LogP contribution in [0.4, 0.5) is 0 Å². The van der Waals surface area contributed by atoms with Gasteiger partial charge in [0.2, 0.25) is 0 Å². The van der Waals surface area contributed by atoms with Crippen molar-refractivity contribution in [1.82, 2.24) is 0 Å². The third-order valence-corrected chi connectivity index (χ3v) is 1.51. The van der Waals surface area contributed by atoms with E-state index in [0.29, 0.717) is 0 Å². The van der Waals surface area contributed by atoms with Gasteiger partial charge in [0.15, 0.2) is 0 Å². The average Bonchev–Trinajstić information content (AvgIpc) is 2.05. The summed E-state index contributed by atoms with van der Waals surface area (Å²) in [5, 5.41) is 0. The maximum Gasteiger partial charge on any atom is 1.00 e. The summed E-state index contributed by atoms with van der Waals surface area (Å²) in [4.78, 5) is 0. The molecular weight excluding hydrogens is 184 g/mol. The summed E-state index contributed by atoms with van der Waals surface area (Å²) in [7, 11) is 0. The fourth-order valence-corrected chi connectivity index (χ4v) is 0.824. The van der Waals surface area contributed by atoms with Crippen LogP contribution in [0.15, 0.2) is 24.3 Å². The molecule has 0 amide bonds. The van der Waals surface area contributed by atoms with Crippen LogP contribution in [0.5, 0.6) is 0 Å². The van der Waals surface area contributed by atoms with E-state index >= 15 is 0 Å². The van der Waals surface area contributed by atoms with Gasteiger partial charge in [0.1, 0.15) is 0 Å². The molecule has 1 aromatic rings. The summed E-state index contributed by atoms with van der Waals surface area (Å²) in [6.07, 6.45) is 7.88. The molecule has 0 aromatic heterocycles. The molecule has 0 unspecified atom stereocenters. The molecule has 0 spiro atoms. The minimum atomic E-state index is 0. The third-order valence-electron chi connectivity index (χ3n) is 1.51. The number of benzene rings is 1. The summed E-state index contributed by atoms with van der Waals surface area (Å²) in [6, 6.07) is 7.87. The van der Waals surface area contributed by atoms with Crippen molar-refractivity contribution < 1.29 is 17.1 Å². The van der Waals surface area contributed by atoms with Gasteiger partial charge in [-0.25, -0.2) is 0 Å². The Kier molecular flexibility index (Phi) is 4.70. The van der Waals surface area contributed by atoms with Gasteiger partial charge in [0.05, 0.1) is 0 Å². The van der Waals surface area contributed by atoms with Crippen LogP contribution < -0.4 is 0 Å². The Morgan fingerprint density at radius 2 is 1.82 bits per heavy atom. The first kappa shape index (κ1) is 10.3. The maximum absolute atomic E-state index is 6.82. The predicted molar refractivity (Wildman–Crippen MR) is 42.1 cm³/mol. The first-order valence-corrected chi connectivity index (χ1v) is 3.38. The van der Waals surface area contributed by atoms with Gasteiger partial charge in [-0.05, 0) is 6.42 Å². The Morgan fingerprint density at radius 1 is 1.27 bits per heavy atom. The van der Waals surface area contributed by atoms with Gasteiger partial charge >= 0.3 is 17.1 Å². The van der Waals surface area contributed by atoms with E-state index in [-0.39, 0.29) is 17.1 Å².